The molecule has 0 bridgehead atoms. The average molecular weight is 464 g/mol. The zero-order valence-corrected chi connectivity index (χ0v) is 19.1. The smallest absolute Gasteiger partial charge is 0.264 e. The summed E-state index contributed by atoms with van der Waals surface area (Å²) in [5.41, 5.74) is 2.26. The van der Waals surface area contributed by atoms with Gasteiger partial charge in [0.05, 0.1) is 10.6 Å². The van der Waals surface area contributed by atoms with Gasteiger partial charge in [0.25, 0.3) is 15.9 Å². The first-order valence-electron chi connectivity index (χ1n) is 10.7. The van der Waals surface area contributed by atoms with Gasteiger partial charge in [0.1, 0.15) is 0 Å². The van der Waals surface area contributed by atoms with Gasteiger partial charge in [0, 0.05) is 37.8 Å². The van der Waals surface area contributed by atoms with Crippen LogP contribution in [0.25, 0.3) is 0 Å². The highest BCUT2D eigenvalue weighted by Crippen LogP contribution is 2.23. The number of benzene rings is 3. The van der Waals surface area contributed by atoms with Crippen molar-refractivity contribution >= 4 is 33.2 Å². The summed E-state index contributed by atoms with van der Waals surface area (Å²) in [5.74, 6) is -0.272. The van der Waals surface area contributed by atoms with Gasteiger partial charge in [-0.1, -0.05) is 36.4 Å². The Kier molecular flexibility index (Phi) is 6.46. The van der Waals surface area contributed by atoms with Crippen molar-refractivity contribution in [3.05, 3.63) is 90.0 Å². The first-order valence-corrected chi connectivity index (χ1v) is 12.1. The van der Waals surface area contributed by atoms with Crippen LogP contribution in [0.15, 0.2) is 83.8 Å². The molecule has 33 heavy (non-hydrogen) atoms. The van der Waals surface area contributed by atoms with Crippen LogP contribution in [0.2, 0.25) is 0 Å². The monoisotopic (exact) mass is 463 g/mol. The third-order valence-corrected chi connectivity index (χ3v) is 7.39. The van der Waals surface area contributed by atoms with Gasteiger partial charge >= 0.3 is 0 Å². The molecule has 8 heteroatoms. The lowest BCUT2D eigenvalue weighted by Crippen LogP contribution is -2.26. The topological polar surface area (TPSA) is 86.8 Å². The number of para-hydroxylation sites is 1. The summed E-state index contributed by atoms with van der Waals surface area (Å²) < 4.78 is 27.3. The highest BCUT2D eigenvalue weighted by molar-refractivity contribution is 7.92. The van der Waals surface area contributed by atoms with Crippen LogP contribution in [0.4, 0.5) is 11.4 Å². The number of likely N-dealkylation sites (tertiary alicyclic amines) is 1. The standard InChI is InChI=1S/C25H25N3O4S/c1-27(22-11-3-2-4-12-22)33(31,32)23-13-6-9-20(17-23)25(30)26-21-10-5-8-19(16-21)18-28-15-7-14-24(28)29/h2-6,8-13,16-17H,7,14-15,18H2,1H3,(H,26,30). The maximum absolute atomic E-state index is 13.1. The highest BCUT2D eigenvalue weighted by Gasteiger charge is 2.23. The fourth-order valence-electron chi connectivity index (χ4n) is 3.77. The van der Waals surface area contributed by atoms with E-state index in [1.54, 1.807) is 47.4 Å². The van der Waals surface area contributed by atoms with Gasteiger partial charge in [-0.15, -0.1) is 0 Å². The molecule has 0 saturated carbocycles. The molecular formula is C25H25N3O4S. The number of carbonyl (C=O) groups excluding carboxylic acids is 2. The first kappa shape index (κ1) is 22.5. The largest absolute Gasteiger partial charge is 0.338 e. The SMILES string of the molecule is CN(c1ccccc1)S(=O)(=O)c1cccc(C(=O)Nc2cccc(CN3CCCC3=O)c2)c1. The summed E-state index contributed by atoms with van der Waals surface area (Å²) >= 11 is 0. The molecule has 1 saturated heterocycles. The molecule has 3 aromatic rings. The van der Waals surface area contributed by atoms with Gasteiger partial charge in [0.2, 0.25) is 5.91 Å². The molecule has 0 unspecified atom stereocenters. The lowest BCUT2D eigenvalue weighted by molar-refractivity contribution is -0.128. The predicted molar refractivity (Wildman–Crippen MR) is 128 cm³/mol. The lowest BCUT2D eigenvalue weighted by Gasteiger charge is -2.19. The second-order valence-electron chi connectivity index (χ2n) is 7.91. The number of nitrogens with zero attached hydrogens (tertiary/aromatic N) is 2. The molecule has 170 valence electrons. The van der Waals surface area contributed by atoms with Crippen LogP contribution in [0.1, 0.15) is 28.8 Å². The minimum Gasteiger partial charge on any atom is -0.338 e. The molecule has 2 amide bonds. The maximum Gasteiger partial charge on any atom is 0.264 e. The Bertz CT molecular complexity index is 1280. The summed E-state index contributed by atoms with van der Waals surface area (Å²) in [6.07, 6.45) is 1.45. The van der Waals surface area contributed by atoms with Gasteiger partial charge in [0.15, 0.2) is 0 Å². The lowest BCUT2D eigenvalue weighted by atomic mass is 10.1. The molecule has 0 atom stereocenters. The van der Waals surface area contributed by atoms with Crippen LogP contribution >= 0.6 is 0 Å². The van der Waals surface area contributed by atoms with E-state index in [1.807, 2.05) is 24.3 Å². The molecule has 7 nitrogen and oxygen atoms in total. The molecule has 4 rings (SSSR count). The fraction of sp³-hybridized carbons (Fsp3) is 0.200. The number of anilines is 2. The number of sulfonamides is 1. The van der Waals surface area contributed by atoms with Gasteiger partial charge in [-0.05, 0) is 54.4 Å². The van der Waals surface area contributed by atoms with E-state index in [4.69, 9.17) is 0 Å². The Hall–Kier alpha value is -3.65. The number of hydrogen-bond donors (Lipinski definition) is 1. The van der Waals surface area contributed by atoms with Crippen molar-refractivity contribution in [2.75, 3.05) is 23.2 Å². The fourth-order valence-corrected chi connectivity index (χ4v) is 5.02. The second-order valence-corrected chi connectivity index (χ2v) is 9.88. The molecule has 0 spiro atoms. The van der Waals surface area contributed by atoms with E-state index in [1.165, 1.54) is 23.5 Å². The van der Waals surface area contributed by atoms with Crippen molar-refractivity contribution in [2.24, 2.45) is 0 Å². The Morgan fingerprint density at radius 2 is 1.76 bits per heavy atom. The molecule has 1 aliphatic heterocycles. The van der Waals surface area contributed by atoms with Crippen molar-refractivity contribution in [3.63, 3.8) is 0 Å². The molecule has 1 heterocycles. The van der Waals surface area contributed by atoms with Crippen molar-refractivity contribution in [1.29, 1.82) is 0 Å². The van der Waals surface area contributed by atoms with E-state index in [9.17, 15) is 18.0 Å². The quantitative estimate of drug-likeness (QED) is 0.576. The molecule has 0 aromatic heterocycles. The van der Waals surface area contributed by atoms with Gasteiger partial charge in [-0.2, -0.15) is 0 Å². The van der Waals surface area contributed by atoms with E-state index in [-0.39, 0.29) is 16.4 Å². The van der Waals surface area contributed by atoms with Crippen molar-refractivity contribution in [1.82, 2.24) is 4.90 Å². The van der Waals surface area contributed by atoms with E-state index in [2.05, 4.69) is 5.32 Å². The highest BCUT2D eigenvalue weighted by atomic mass is 32.2. The minimum absolute atomic E-state index is 0.0304. The third-order valence-electron chi connectivity index (χ3n) is 5.60. The van der Waals surface area contributed by atoms with E-state index in [0.717, 1.165) is 18.5 Å². The van der Waals surface area contributed by atoms with Crippen molar-refractivity contribution in [3.8, 4) is 0 Å². The van der Waals surface area contributed by atoms with Crippen molar-refractivity contribution in [2.45, 2.75) is 24.3 Å². The summed E-state index contributed by atoms with van der Waals surface area (Å²) in [6, 6.07) is 22.0. The van der Waals surface area contributed by atoms with E-state index < -0.39 is 15.9 Å². The molecule has 1 aliphatic rings. The zero-order chi connectivity index (χ0) is 23.4. The Balaban J connectivity index is 1.50. The average Bonchev–Trinajstić information content (AvgIpc) is 3.23. The number of carbonyl (C=O) groups is 2. The Morgan fingerprint density at radius 1 is 1.00 bits per heavy atom. The van der Waals surface area contributed by atoms with Crippen LogP contribution in [0.5, 0.6) is 0 Å². The summed E-state index contributed by atoms with van der Waals surface area (Å²) in [4.78, 5) is 26.6. The number of rotatable bonds is 7. The van der Waals surface area contributed by atoms with Crippen LogP contribution in [0, 0.1) is 0 Å². The molecule has 1 fully saturated rings. The van der Waals surface area contributed by atoms with Gasteiger partial charge in [-0.25, -0.2) is 8.42 Å². The van der Waals surface area contributed by atoms with Crippen LogP contribution in [-0.4, -0.2) is 38.7 Å². The Morgan fingerprint density at radius 3 is 2.48 bits per heavy atom. The van der Waals surface area contributed by atoms with Crippen LogP contribution in [0.3, 0.4) is 0 Å². The molecule has 1 N–H and O–H groups in total. The second kappa shape index (κ2) is 9.46. The van der Waals surface area contributed by atoms with Crippen LogP contribution < -0.4 is 9.62 Å². The summed E-state index contributed by atoms with van der Waals surface area (Å²) in [5, 5.41) is 2.82. The van der Waals surface area contributed by atoms with Gasteiger partial charge in [-0.3, -0.25) is 13.9 Å². The van der Waals surface area contributed by atoms with Crippen LogP contribution in [-0.2, 0) is 21.4 Å². The number of nitrogens with one attached hydrogen (secondary N) is 1. The maximum atomic E-state index is 13.1. The first-order chi connectivity index (χ1) is 15.8. The summed E-state index contributed by atoms with van der Waals surface area (Å²) in [7, 11) is -2.35. The minimum atomic E-state index is -3.83. The van der Waals surface area contributed by atoms with E-state index >= 15 is 0 Å². The molecule has 0 radical (unpaired) electrons. The summed E-state index contributed by atoms with van der Waals surface area (Å²) in [6.45, 7) is 1.25. The third kappa shape index (κ3) is 5.06. The van der Waals surface area contributed by atoms with Gasteiger partial charge < -0.3 is 10.2 Å². The molecular weight excluding hydrogens is 438 g/mol. The van der Waals surface area contributed by atoms with Crippen molar-refractivity contribution < 1.29 is 18.0 Å². The molecule has 3 aromatic carbocycles. The van der Waals surface area contributed by atoms with E-state index in [0.29, 0.717) is 24.3 Å². The zero-order valence-electron chi connectivity index (χ0n) is 18.3. The molecule has 0 aliphatic carbocycles. The normalized spacial score (nSPS) is 13.7. The number of hydrogen-bond acceptors (Lipinski definition) is 4. The predicted octanol–water partition coefficient (Wildman–Crippen LogP) is 3.89. The number of amides is 2. The Labute approximate surface area is 193 Å².